The molecule has 0 unspecified atom stereocenters. The number of thioether (sulfide) groups is 1. The SMILES string of the molecule is C=CCc1ccc(OCCOc2ccc(/C=C3\C(=N)N4N=C(c5cccs5)SC4=NC3=O)cc2OC)c(OC)c1. The summed E-state index contributed by atoms with van der Waals surface area (Å²) in [6.07, 6.45) is 4.19. The topological polar surface area (TPSA) is 106 Å². The number of hydrogen-bond acceptors (Lipinski definition) is 9. The molecule has 0 aliphatic carbocycles. The van der Waals surface area contributed by atoms with Gasteiger partial charge in [-0.15, -0.1) is 17.9 Å². The number of allylic oxidation sites excluding steroid dienone is 1. The van der Waals surface area contributed by atoms with Crippen molar-refractivity contribution in [1.29, 1.82) is 5.41 Å². The fourth-order valence-electron chi connectivity index (χ4n) is 3.98. The first kappa shape index (κ1) is 27.2. The van der Waals surface area contributed by atoms with E-state index in [9.17, 15) is 4.79 Å². The minimum absolute atomic E-state index is 0.0292. The number of nitrogens with one attached hydrogen (secondary N) is 1. The van der Waals surface area contributed by atoms with E-state index in [0.29, 0.717) is 45.4 Å². The highest BCUT2D eigenvalue weighted by Gasteiger charge is 2.36. The van der Waals surface area contributed by atoms with Crippen LogP contribution in [0.25, 0.3) is 6.08 Å². The summed E-state index contributed by atoms with van der Waals surface area (Å²) in [7, 11) is 3.14. The second-order valence-corrected chi connectivity index (χ2v) is 10.4. The van der Waals surface area contributed by atoms with Crippen molar-refractivity contribution in [2.45, 2.75) is 6.42 Å². The van der Waals surface area contributed by atoms with Crippen LogP contribution in [0.15, 0.2) is 82.2 Å². The highest BCUT2D eigenvalue weighted by molar-refractivity contribution is 8.27. The standard InChI is InChI=1S/C29H26N4O5S2/c1-4-6-18-8-10-21(23(16-18)35-2)37-12-13-38-22-11-9-19(17-24(22)36-3)15-20-26(30)33-29(31-27(20)34)40-28(32-33)25-7-5-14-39-25/h4-5,7-11,14-17,30H,1,6,12-13H2,2-3H3/b20-15+,30-26?. The van der Waals surface area contributed by atoms with Crippen molar-refractivity contribution in [2.24, 2.45) is 10.1 Å². The number of carbonyl (C=O) groups is 1. The predicted octanol–water partition coefficient (Wildman–Crippen LogP) is 5.62. The lowest BCUT2D eigenvalue weighted by molar-refractivity contribution is -0.114. The number of benzene rings is 2. The van der Waals surface area contributed by atoms with Crippen molar-refractivity contribution in [3.8, 4) is 23.0 Å². The maximum atomic E-state index is 12.8. The van der Waals surface area contributed by atoms with Gasteiger partial charge >= 0.3 is 0 Å². The van der Waals surface area contributed by atoms with Gasteiger partial charge in [0.1, 0.15) is 18.3 Å². The van der Waals surface area contributed by atoms with Crippen molar-refractivity contribution in [1.82, 2.24) is 5.01 Å². The molecule has 2 aliphatic heterocycles. The summed E-state index contributed by atoms with van der Waals surface area (Å²) in [4.78, 5) is 17.9. The summed E-state index contributed by atoms with van der Waals surface area (Å²) in [5, 5.41) is 17.5. The van der Waals surface area contributed by atoms with E-state index in [-0.39, 0.29) is 18.0 Å². The van der Waals surface area contributed by atoms with E-state index >= 15 is 0 Å². The fourth-order valence-corrected chi connectivity index (χ4v) is 5.66. The third kappa shape index (κ3) is 5.80. The second kappa shape index (κ2) is 12.2. The maximum absolute atomic E-state index is 12.8. The van der Waals surface area contributed by atoms with E-state index in [1.807, 2.05) is 41.8 Å². The fraction of sp³-hybridized carbons (Fsp3) is 0.172. The lowest BCUT2D eigenvalue weighted by atomic mass is 10.1. The van der Waals surface area contributed by atoms with E-state index in [2.05, 4.69) is 16.7 Å². The van der Waals surface area contributed by atoms with Crippen LogP contribution in [0.1, 0.15) is 16.0 Å². The van der Waals surface area contributed by atoms with E-state index in [1.54, 1.807) is 42.7 Å². The van der Waals surface area contributed by atoms with Gasteiger partial charge in [-0.05, 0) is 71.1 Å². The third-order valence-electron chi connectivity index (χ3n) is 5.89. The van der Waals surface area contributed by atoms with Crippen molar-refractivity contribution in [2.75, 3.05) is 27.4 Å². The molecule has 1 aromatic heterocycles. The number of hydrazone groups is 1. The van der Waals surface area contributed by atoms with Gasteiger partial charge in [-0.3, -0.25) is 10.2 Å². The van der Waals surface area contributed by atoms with Gasteiger partial charge in [0.15, 0.2) is 28.8 Å². The molecule has 0 saturated carbocycles. The molecule has 11 heteroatoms. The Hall–Kier alpha value is -4.35. The van der Waals surface area contributed by atoms with Crippen LogP contribution >= 0.6 is 23.1 Å². The summed E-state index contributed by atoms with van der Waals surface area (Å²) in [5.74, 6) is 1.76. The second-order valence-electron chi connectivity index (χ2n) is 8.49. The molecule has 3 aromatic rings. The first-order valence-corrected chi connectivity index (χ1v) is 14.0. The van der Waals surface area contributed by atoms with Gasteiger partial charge in [0.05, 0.1) is 24.7 Å². The van der Waals surface area contributed by atoms with Crippen LogP contribution < -0.4 is 18.9 Å². The molecule has 5 rings (SSSR count). The quantitative estimate of drug-likeness (QED) is 0.180. The highest BCUT2D eigenvalue weighted by atomic mass is 32.2. The molecule has 3 heterocycles. The predicted molar refractivity (Wildman–Crippen MR) is 159 cm³/mol. The number of carbonyl (C=O) groups excluding carboxylic acids is 1. The Labute approximate surface area is 239 Å². The molecule has 40 heavy (non-hydrogen) atoms. The smallest absolute Gasteiger partial charge is 0.283 e. The first-order chi connectivity index (χ1) is 19.5. The number of ether oxygens (including phenoxy) is 4. The summed E-state index contributed by atoms with van der Waals surface area (Å²) < 4.78 is 22.7. The highest BCUT2D eigenvalue weighted by Crippen LogP contribution is 2.34. The van der Waals surface area contributed by atoms with E-state index in [1.165, 1.54) is 23.9 Å². The zero-order valence-corrected chi connectivity index (χ0v) is 23.5. The van der Waals surface area contributed by atoms with E-state index < -0.39 is 5.91 Å². The molecule has 0 atom stereocenters. The zero-order valence-electron chi connectivity index (χ0n) is 21.9. The number of amides is 1. The minimum atomic E-state index is -0.490. The molecule has 204 valence electrons. The van der Waals surface area contributed by atoms with Gasteiger partial charge in [-0.1, -0.05) is 24.3 Å². The molecule has 2 aromatic carbocycles. The summed E-state index contributed by atoms with van der Waals surface area (Å²) in [6.45, 7) is 4.32. The normalized spacial score (nSPS) is 15.4. The van der Waals surface area contributed by atoms with Crippen LogP contribution in [-0.4, -0.2) is 54.4 Å². The molecule has 0 saturated heterocycles. The van der Waals surface area contributed by atoms with Crippen LogP contribution in [0.4, 0.5) is 0 Å². The number of aliphatic imine (C=N–C) groups is 1. The van der Waals surface area contributed by atoms with Gasteiger partial charge in [0, 0.05) is 0 Å². The van der Waals surface area contributed by atoms with Crippen LogP contribution in [0, 0.1) is 5.41 Å². The molecular formula is C29H26N4O5S2. The number of amidine groups is 2. The number of thiophene rings is 1. The zero-order chi connectivity index (χ0) is 28.1. The lowest BCUT2D eigenvalue weighted by Gasteiger charge is -2.20. The van der Waals surface area contributed by atoms with Crippen molar-refractivity contribution < 1.29 is 23.7 Å². The van der Waals surface area contributed by atoms with E-state index in [0.717, 1.165) is 16.9 Å². The average Bonchev–Trinajstić information content (AvgIpc) is 3.65. The van der Waals surface area contributed by atoms with Crippen LogP contribution in [0.3, 0.4) is 0 Å². The van der Waals surface area contributed by atoms with Crippen molar-refractivity contribution >= 4 is 51.1 Å². The van der Waals surface area contributed by atoms with Crippen LogP contribution in [-0.2, 0) is 11.2 Å². The Morgan fingerprint density at radius 2 is 1.73 bits per heavy atom. The van der Waals surface area contributed by atoms with Gasteiger partial charge in [0.2, 0.25) is 5.17 Å². The van der Waals surface area contributed by atoms with Crippen molar-refractivity contribution in [3.63, 3.8) is 0 Å². The van der Waals surface area contributed by atoms with Gasteiger partial charge < -0.3 is 18.9 Å². The van der Waals surface area contributed by atoms with Gasteiger partial charge in [-0.25, -0.2) is 0 Å². The Morgan fingerprint density at radius 3 is 2.40 bits per heavy atom. The minimum Gasteiger partial charge on any atom is -0.493 e. The molecule has 1 N–H and O–H groups in total. The third-order valence-corrected chi connectivity index (χ3v) is 7.84. The molecule has 0 fully saturated rings. The number of fused-ring (bicyclic) bond motifs is 1. The lowest BCUT2D eigenvalue weighted by Crippen LogP contribution is -2.35. The van der Waals surface area contributed by atoms with Crippen LogP contribution in [0.2, 0.25) is 0 Å². The van der Waals surface area contributed by atoms with Crippen molar-refractivity contribution in [3.05, 3.63) is 88.1 Å². The largest absolute Gasteiger partial charge is 0.493 e. The van der Waals surface area contributed by atoms with Crippen LogP contribution in [0.5, 0.6) is 23.0 Å². The summed E-state index contributed by atoms with van der Waals surface area (Å²) in [5.41, 5.74) is 1.88. The monoisotopic (exact) mass is 574 g/mol. The number of hydrogen-bond donors (Lipinski definition) is 1. The molecule has 0 radical (unpaired) electrons. The molecular weight excluding hydrogens is 548 g/mol. The molecule has 2 aliphatic rings. The number of nitrogens with zero attached hydrogens (tertiary/aromatic N) is 3. The summed E-state index contributed by atoms with van der Waals surface area (Å²) in [6, 6.07) is 14.9. The molecule has 0 bridgehead atoms. The molecule has 9 nitrogen and oxygen atoms in total. The van der Waals surface area contributed by atoms with Gasteiger partial charge in [-0.2, -0.15) is 15.1 Å². The Bertz CT molecular complexity index is 1550. The molecule has 1 amide bonds. The number of rotatable bonds is 11. The Kier molecular flexibility index (Phi) is 8.32. The van der Waals surface area contributed by atoms with E-state index in [4.69, 9.17) is 24.4 Å². The average molecular weight is 575 g/mol. The Morgan fingerprint density at radius 1 is 1.00 bits per heavy atom. The number of methoxy groups -OCH3 is 2. The Balaban J connectivity index is 1.25. The molecule has 0 spiro atoms. The van der Waals surface area contributed by atoms with Gasteiger partial charge in [0.25, 0.3) is 5.91 Å². The summed E-state index contributed by atoms with van der Waals surface area (Å²) >= 11 is 2.82. The maximum Gasteiger partial charge on any atom is 0.283 e. The first-order valence-electron chi connectivity index (χ1n) is 12.3.